The van der Waals surface area contributed by atoms with E-state index < -0.39 is 5.95 Å². The Balaban J connectivity index is 2.03. The predicted molar refractivity (Wildman–Crippen MR) is 67.3 cm³/mol. The summed E-state index contributed by atoms with van der Waals surface area (Å²) in [7, 11) is 3.98. The number of nitrogens with zero attached hydrogens (tertiary/aromatic N) is 4. The van der Waals surface area contributed by atoms with E-state index in [0.717, 1.165) is 30.2 Å². The minimum Gasteiger partial charge on any atom is -0.337 e. The first-order chi connectivity index (χ1) is 8.56. The molecule has 0 aliphatic carbocycles. The lowest BCUT2D eigenvalue weighted by molar-refractivity contribution is 0.305. The zero-order chi connectivity index (χ0) is 13.1. The number of imidazole rings is 1. The van der Waals surface area contributed by atoms with Gasteiger partial charge in [-0.25, -0.2) is 9.97 Å². The number of aromatic nitrogens is 3. The second-order valence-corrected chi connectivity index (χ2v) is 4.51. The summed E-state index contributed by atoms with van der Waals surface area (Å²) >= 11 is 0. The molecule has 2 aromatic rings. The van der Waals surface area contributed by atoms with Crippen LogP contribution in [0.25, 0.3) is 0 Å². The van der Waals surface area contributed by atoms with Crippen LogP contribution < -0.4 is 0 Å². The van der Waals surface area contributed by atoms with Crippen LogP contribution in [0.15, 0.2) is 24.5 Å². The average molecular weight is 248 g/mol. The van der Waals surface area contributed by atoms with Gasteiger partial charge in [-0.15, -0.1) is 0 Å². The standard InChI is InChI=1S/C13H17FN4/c1-10-11(4-5-12(14)16-10)8-17(2)9-13-15-6-7-18(13)3/h4-7H,8-9H2,1-3H3. The fourth-order valence-electron chi connectivity index (χ4n) is 1.86. The minimum atomic E-state index is -0.428. The van der Waals surface area contributed by atoms with E-state index in [9.17, 15) is 4.39 Å². The molecular formula is C13H17FN4. The molecular weight excluding hydrogens is 231 g/mol. The fraction of sp³-hybridized carbons (Fsp3) is 0.385. The Morgan fingerprint density at radius 2 is 2.11 bits per heavy atom. The highest BCUT2D eigenvalue weighted by molar-refractivity contribution is 5.18. The number of rotatable bonds is 4. The van der Waals surface area contributed by atoms with Gasteiger partial charge in [0.15, 0.2) is 0 Å². The zero-order valence-corrected chi connectivity index (χ0v) is 10.9. The predicted octanol–water partition coefficient (Wildman–Crippen LogP) is 1.89. The second-order valence-electron chi connectivity index (χ2n) is 4.51. The quantitative estimate of drug-likeness (QED) is 0.775. The van der Waals surface area contributed by atoms with E-state index >= 15 is 0 Å². The van der Waals surface area contributed by atoms with Crippen LogP contribution in [0.5, 0.6) is 0 Å². The van der Waals surface area contributed by atoms with Gasteiger partial charge in [0.25, 0.3) is 0 Å². The molecule has 2 heterocycles. The smallest absolute Gasteiger partial charge is 0.213 e. The van der Waals surface area contributed by atoms with Crippen LogP contribution in [0.1, 0.15) is 17.1 Å². The van der Waals surface area contributed by atoms with Crippen molar-refractivity contribution in [2.24, 2.45) is 7.05 Å². The second kappa shape index (κ2) is 5.27. The molecule has 0 fully saturated rings. The van der Waals surface area contributed by atoms with E-state index in [1.165, 1.54) is 6.07 Å². The normalized spacial score (nSPS) is 11.2. The van der Waals surface area contributed by atoms with Crippen LogP contribution in [0.3, 0.4) is 0 Å². The Kier molecular flexibility index (Phi) is 3.72. The van der Waals surface area contributed by atoms with E-state index in [-0.39, 0.29) is 0 Å². The third-order valence-electron chi connectivity index (χ3n) is 2.93. The van der Waals surface area contributed by atoms with Crippen molar-refractivity contribution < 1.29 is 4.39 Å². The van der Waals surface area contributed by atoms with E-state index in [1.807, 2.05) is 31.8 Å². The lowest BCUT2D eigenvalue weighted by Crippen LogP contribution is -2.20. The number of hydrogen-bond donors (Lipinski definition) is 0. The largest absolute Gasteiger partial charge is 0.337 e. The van der Waals surface area contributed by atoms with Gasteiger partial charge in [-0.3, -0.25) is 4.90 Å². The van der Waals surface area contributed by atoms with Gasteiger partial charge in [0.05, 0.1) is 6.54 Å². The van der Waals surface area contributed by atoms with Crippen LogP contribution in [-0.4, -0.2) is 26.5 Å². The summed E-state index contributed by atoms with van der Waals surface area (Å²) in [5, 5.41) is 0. The Morgan fingerprint density at radius 1 is 1.33 bits per heavy atom. The summed E-state index contributed by atoms with van der Waals surface area (Å²) in [5.74, 6) is 0.577. The van der Waals surface area contributed by atoms with Gasteiger partial charge in [0.2, 0.25) is 5.95 Å². The van der Waals surface area contributed by atoms with Crippen LogP contribution in [-0.2, 0) is 20.1 Å². The van der Waals surface area contributed by atoms with Crippen molar-refractivity contribution in [1.82, 2.24) is 19.4 Å². The number of aryl methyl sites for hydroxylation is 2. The summed E-state index contributed by atoms with van der Waals surface area (Å²) < 4.78 is 14.9. The maximum Gasteiger partial charge on any atom is 0.213 e. The van der Waals surface area contributed by atoms with Crippen molar-refractivity contribution in [1.29, 1.82) is 0 Å². The van der Waals surface area contributed by atoms with Gasteiger partial charge in [-0.05, 0) is 25.6 Å². The maximum absolute atomic E-state index is 12.9. The van der Waals surface area contributed by atoms with Crippen LogP contribution >= 0.6 is 0 Å². The number of hydrogen-bond acceptors (Lipinski definition) is 3. The first-order valence-electron chi connectivity index (χ1n) is 5.83. The van der Waals surface area contributed by atoms with Gasteiger partial charge >= 0.3 is 0 Å². The first-order valence-corrected chi connectivity index (χ1v) is 5.83. The maximum atomic E-state index is 12.9. The van der Waals surface area contributed by atoms with Gasteiger partial charge in [-0.2, -0.15) is 4.39 Å². The topological polar surface area (TPSA) is 34.0 Å². The molecule has 5 heteroatoms. The first kappa shape index (κ1) is 12.7. The van der Waals surface area contributed by atoms with E-state index in [0.29, 0.717) is 0 Å². The van der Waals surface area contributed by atoms with Crippen molar-refractivity contribution in [2.45, 2.75) is 20.0 Å². The van der Waals surface area contributed by atoms with Gasteiger partial charge in [-0.1, -0.05) is 6.07 Å². The third-order valence-corrected chi connectivity index (χ3v) is 2.93. The highest BCUT2D eigenvalue weighted by Gasteiger charge is 2.08. The molecule has 0 aromatic carbocycles. The molecule has 4 nitrogen and oxygen atoms in total. The van der Waals surface area contributed by atoms with E-state index in [1.54, 1.807) is 12.3 Å². The minimum absolute atomic E-state index is 0.428. The molecule has 2 aromatic heterocycles. The van der Waals surface area contributed by atoms with Crippen LogP contribution in [0.4, 0.5) is 4.39 Å². The monoisotopic (exact) mass is 248 g/mol. The summed E-state index contributed by atoms with van der Waals surface area (Å²) in [6.07, 6.45) is 3.71. The summed E-state index contributed by atoms with van der Waals surface area (Å²) in [5.41, 5.74) is 1.77. The molecule has 0 aliphatic heterocycles. The zero-order valence-electron chi connectivity index (χ0n) is 10.9. The van der Waals surface area contributed by atoms with Crippen molar-refractivity contribution >= 4 is 0 Å². The summed E-state index contributed by atoms with van der Waals surface area (Å²) in [6, 6.07) is 3.18. The molecule has 0 radical (unpaired) electrons. The Hall–Kier alpha value is -1.75. The van der Waals surface area contributed by atoms with Crippen LogP contribution in [0, 0.1) is 12.9 Å². The van der Waals surface area contributed by atoms with E-state index in [4.69, 9.17) is 0 Å². The molecule has 0 unspecified atom stereocenters. The fourth-order valence-corrected chi connectivity index (χ4v) is 1.86. The third kappa shape index (κ3) is 2.92. The SMILES string of the molecule is Cc1nc(F)ccc1CN(C)Cc1nccn1C. The Morgan fingerprint density at radius 3 is 2.72 bits per heavy atom. The lowest BCUT2D eigenvalue weighted by atomic mass is 10.2. The van der Waals surface area contributed by atoms with Crippen LogP contribution in [0.2, 0.25) is 0 Å². The summed E-state index contributed by atoms with van der Waals surface area (Å²) in [6.45, 7) is 3.30. The van der Waals surface area contributed by atoms with E-state index in [2.05, 4.69) is 14.9 Å². The number of pyridine rings is 1. The van der Waals surface area contributed by atoms with Gasteiger partial charge in [0, 0.05) is 31.7 Å². The molecule has 0 aliphatic rings. The Bertz CT molecular complexity index is 536. The van der Waals surface area contributed by atoms with Crippen molar-refractivity contribution in [3.05, 3.63) is 47.6 Å². The molecule has 0 N–H and O–H groups in total. The molecule has 0 amide bonds. The molecule has 0 saturated carbocycles. The van der Waals surface area contributed by atoms with Crippen molar-refractivity contribution in [2.75, 3.05) is 7.05 Å². The molecule has 96 valence electrons. The lowest BCUT2D eigenvalue weighted by Gasteiger charge is -2.17. The Labute approximate surface area is 106 Å². The molecule has 0 bridgehead atoms. The molecule has 0 saturated heterocycles. The van der Waals surface area contributed by atoms with Crippen molar-refractivity contribution in [3.63, 3.8) is 0 Å². The summed E-state index contributed by atoms with van der Waals surface area (Å²) in [4.78, 5) is 10.2. The van der Waals surface area contributed by atoms with Gasteiger partial charge < -0.3 is 4.57 Å². The molecule has 0 atom stereocenters. The number of halogens is 1. The van der Waals surface area contributed by atoms with Crippen molar-refractivity contribution in [3.8, 4) is 0 Å². The van der Waals surface area contributed by atoms with Gasteiger partial charge in [0.1, 0.15) is 5.82 Å². The highest BCUT2D eigenvalue weighted by Crippen LogP contribution is 2.10. The molecule has 2 rings (SSSR count). The molecule has 0 spiro atoms. The highest BCUT2D eigenvalue weighted by atomic mass is 19.1. The molecule has 18 heavy (non-hydrogen) atoms. The average Bonchev–Trinajstić information content (AvgIpc) is 2.69.